The maximum atomic E-state index is 14.2. The summed E-state index contributed by atoms with van der Waals surface area (Å²) < 4.78 is 6.46. The normalized spacial score (nSPS) is 25.5. The van der Waals surface area contributed by atoms with Gasteiger partial charge in [0.1, 0.15) is 6.10 Å². The Labute approximate surface area is 221 Å². The molecule has 2 aliphatic heterocycles. The lowest BCUT2D eigenvalue weighted by Gasteiger charge is -2.32. The summed E-state index contributed by atoms with van der Waals surface area (Å²) in [7, 11) is -2.88. The topological polar surface area (TPSA) is 162 Å². The molecule has 0 aliphatic carbocycles. The van der Waals surface area contributed by atoms with Crippen LogP contribution in [0.5, 0.6) is 0 Å². The van der Waals surface area contributed by atoms with Gasteiger partial charge in [0.2, 0.25) is 0 Å². The standard InChI is InChI=1S/C26H33N3O8Si/c1-15-23(38(3,4)36)22(11-12-30)37-26(15)20-13-19(29(34)35)9-10-21(20)28(25(26)33)14-17-5-7-18(8-6-17)27-24(32)16(2)31/h5-10,13,15-16,22-23,30-31,36H,11-12,14H2,1-4H3,(H,27,32)/t15-,16+,22+,23-,26+/m1/s1. The van der Waals surface area contributed by atoms with Gasteiger partial charge in [-0.3, -0.25) is 19.7 Å². The molecule has 0 saturated carbocycles. The lowest BCUT2D eigenvalue weighted by Crippen LogP contribution is -2.46. The maximum Gasteiger partial charge on any atom is 0.269 e. The summed E-state index contributed by atoms with van der Waals surface area (Å²) in [6, 6.07) is 11.1. The van der Waals surface area contributed by atoms with Crippen LogP contribution < -0.4 is 10.2 Å². The quantitative estimate of drug-likeness (QED) is 0.224. The molecule has 12 heteroatoms. The third-order valence-corrected chi connectivity index (χ3v) is 10.0. The fourth-order valence-electron chi connectivity index (χ4n) is 5.86. The van der Waals surface area contributed by atoms with E-state index in [9.17, 15) is 34.7 Å². The van der Waals surface area contributed by atoms with Gasteiger partial charge in [0, 0.05) is 41.4 Å². The van der Waals surface area contributed by atoms with Gasteiger partial charge in [-0.25, -0.2) is 0 Å². The molecule has 38 heavy (non-hydrogen) atoms. The number of aliphatic hydroxyl groups is 2. The Morgan fingerprint density at radius 3 is 2.47 bits per heavy atom. The van der Waals surface area contributed by atoms with Crippen molar-refractivity contribution in [1.29, 1.82) is 0 Å². The number of non-ortho nitro benzene ring substituents is 1. The average molecular weight is 544 g/mol. The Kier molecular flexibility index (Phi) is 7.47. The lowest BCUT2D eigenvalue weighted by molar-refractivity contribution is -0.385. The second kappa shape index (κ2) is 10.2. The Morgan fingerprint density at radius 1 is 1.26 bits per heavy atom. The van der Waals surface area contributed by atoms with Crippen molar-refractivity contribution in [1.82, 2.24) is 0 Å². The van der Waals surface area contributed by atoms with E-state index in [2.05, 4.69) is 5.32 Å². The van der Waals surface area contributed by atoms with Crippen LogP contribution in [-0.4, -0.2) is 58.9 Å². The number of hydrogen-bond acceptors (Lipinski definition) is 8. The zero-order valence-electron chi connectivity index (χ0n) is 21.7. The molecule has 1 fully saturated rings. The molecule has 0 unspecified atom stereocenters. The molecule has 204 valence electrons. The Bertz CT molecular complexity index is 1250. The summed E-state index contributed by atoms with van der Waals surface area (Å²) in [6.45, 7) is 6.68. The van der Waals surface area contributed by atoms with E-state index in [1.165, 1.54) is 24.0 Å². The van der Waals surface area contributed by atoms with E-state index in [1.807, 2.05) is 6.92 Å². The van der Waals surface area contributed by atoms with Crippen LogP contribution in [0.3, 0.4) is 0 Å². The van der Waals surface area contributed by atoms with Crippen LogP contribution in [0.25, 0.3) is 0 Å². The Hall–Kier alpha value is -3.16. The number of nitrogens with zero attached hydrogens (tertiary/aromatic N) is 2. The van der Waals surface area contributed by atoms with Gasteiger partial charge >= 0.3 is 0 Å². The van der Waals surface area contributed by atoms with E-state index >= 15 is 0 Å². The van der Waals surface area contributed by atoms with Crippen LogP contribution in [0.1, 0.15) is 31.4 Å². The summed E-state index contributed by atoms with van der Waals surface area (Å²) >= 11 is 0. The highest BCUT2D eigenvalue weighted by atomic mass is 28.4. The third-order valence-electron chi connectivity index (χ3n) is 7.53. The fourth-order valence-corrected chi connectivity index (χ4v) is 8.46. The molecule has 2 aliphatic rings. The highest BCUT2D eigenvalue weighted by molar-refractivity contribution is 6.71. The number of nitro benzene ring substituents is 1. The average Bonchev–Trinajstić information content (AvgIpc) is 3.27. The Balaban J connectivity index is 1.74. The number of fused-ring (bicyclic) bond motifs is 2. The van der Waals surface area contributed by atoms with E-state index in [4.69, 9.17) is 4.74 Å². The number of anilines is 2. The number of hydrogen-bond donors (Lipinski definition) is 4. The number of carbonyl (C=O) groups is 2. The van der Waals surface area contributed by atoms with Gasteiger partial charge in [0.05, 0.1) is 23.3 Å². The first kappa shape index (κ1) is 27.9. The SMILES string of the molecule is C[C@H](O)C(=O)Nc1ccc(CN2C(=O)[C@@]3(O[C@@H](CCO)[C@H]([Si](C)(C)O)[C@H]3C)c3cc([N+](=O)[O-])ccc32)cc1. The van der Waals surface area contributed by atoms with Crippen molar-refractivity contribution in [2.45, 2.75) is 63.3 Å². The first-order valence-corrected chi connectivity index (χ1v) is 15.5. The van der Waals surface area contributed by atoms with E-state index in [-0.39, 0.29) is 36.7 Å². The second-order valence-corrected chi connectivity index (χ2v) is 14.6. The number of benzene rings is 2. The van der Waals surface area contributed by atoms with Gasteiger partial charge in [-0.05, 0) is 50.2 Å². The van der Waals surface area contributed by atoms with Crippen molar-refractivity contribution in [3.63, 3.8) is 0 Å². The first-order chi connectivity index (χ1) is 17.8. The number of nitro groups is 1. The summed E-state index contributed by atoms with van der Waals surface area (Å²) in [4.78, 5) is 49.8. The molecule has 2 aromatic carbocycles. The van der Waals surface area contributed by atoms with E-state index in [0.29, 0.717) is 16.9 Å². The highest BCUT2D eigenvalue weighted by Crippen LogP contribution is 2.60. The summed E-state index contributed by atoms with van der Waals surface area (Å²) in [6.07, 6.45) is -1.52. The van der Waals surface area contributed by atoms with Crippen LogP contribution in [0.4, 0.5) is 17.1 Å². The number of ether oxygens (including phenoxy) is 1. The molecule has 2 amide bonds. The summed E-state index contributed by atoms with van der Waals surface area (Å²) in [5.41, 5.74) is -0.00659. The zero-order valence-corrected chi connectivity index (χ0v) is 22.7. The van der Waals surface area contributed by atoms with Crippen molar-refractivity contribution in [2.24, 2.45) is 5.92 Å². The third kappa shape index (κ3) is 4.74. The van der Waals surface area contributed by atoms with E-state index in [0.717, 1.165) is 5.56 Å². The highest BCUT2D eigenvalue weighted by Gasteiger charge is 2.66. The van der Waals surface area contributed by atoms with Crippen molar-refractivity contribution in [3.8, 4) is 0 Å². The van der Waals surface area contributed by atoms with Crippen LogP contribution in [0.15, 0.2) is 42.5 Å². The van der Waals surface area contributed by atoms with Gasteiger partial charge in [-0.2, -0.15) is 0 Å². The lowest BCUT2D eigenvalue weighted by atomic mass is 9.82. The van der Waals surface area contributed by atoms with Crippen molar-refractivity contribution >= 4 is 37.2 Å². The molecule has 1 saturated heterocycles. The predicted molar refractivity (Wildman–Crippen MR) is 142 cm³/mol. The molecule has 2 heterocycles. The molecule has 0 bridgehead atoms. The largest absolute Gasteiger partial charge is 0.432 e. The number of aliphatic hydroxyl groups excluding tert-OH is 2. The maximum absolute atomic E-state index is 14.2. The van der Waals surface area contributed by atoms with Crippen LogP contribution in [-0.2, 0) is 26.5 Å². The second-order valence-electron chi connectivity index (χ2n) is 10.6. The molecule has 0 radical (unpaired) electrons. The van der Waals surface area contributed by atoms with Gasteiger partial charge < -0.3 is 30.0 Å². The van der Waals surface area contributed by atoms with Crippen molar-refractivity contribution in [2.75, 3.05) is 16.8 Å². The fraction of sp³-hybridized carbons (Fsp3) is 0.462. The molecule has 11 nitrogen and oxygen atoms in total. The molecular weight excluding hydrogens is 510 g/mol. The van der Waals surface area contributed by atoms with E-state index in [1.54, 1.807) is 43.4 Å². The number of rotatable bonds is 8. The first-order valence-electron chi connectivity index (χ1n) is 12.5. The minimum atomic E-state index is -2.88. The Morgan fingerprint density at radius 2 is 1.92 bits per heavy atom. The van der Waals surface area contributed by atoms with Gasteiger partial charge in [-0.1, -0.05) is 19.1 Å². The monoisotopic (exact) mass is 543 g/mol. The summed E-state index contributed by atoms with van der Waals surface area (Å²) in [5.74, 6) is -1.42. The molecule has 5 atom stereocenters. The van der Waals surface area contributed by atoms with Gasteiger partial charge in [0.25, 0.3) is 17.5 Å². The molecule has 4 N–H and O–H groups in total. The van der Waals surface area contributed by atoms with E-state index < -0.39 is 42.9 Å². The number of amides is 2. The zero-order chi connectivity index (χ0) is 28.0. The number of nitrogens with one attached hydrogen (secondary N) is 1. The molecule has 2 aromatic rings. The van der Waals surface area contributed by atoms with Crippen LogP contribution in [0, 0.1) is 16.0 Å². The summed E-state index contributed by atoms with van der Waals surface area (Å²) in [5, 5.41) is 33.3. The molecular formula is C26H33N3O8Si. The number of carbonyl (C=O) groups excluding carboxylic acids is 2. The van der Waals surface area contributed by atoms with Gasteiger partial charge in [0.15, 0.2) is 13.9 Å². The smallest absolute Gasteiger partial charge is 0.269 e. The minimum Gasteiger partial charge on any atom is -0.432 e. The van der Waals surface area contributed by atoms with Crippen LogP contribution in [0.2, 0.25) is 18.6 Å². The van der Waals surface area contributed by atoms with Crippen molar-refractivity contribution in [3.05, 3.63) is 63.7 Å². The van der Waals surface area contributed by atoms with Crippen molar-refractivity contribution < 1.29 is 34.3 Å². The predicted octanol–water partition coefficient (Wildman–Crippen LogP) is 2.64. The van der Waals surface area contributed by atoms with Gasteiger partial charge in [-0.15, -0.1) is 0 Å². The molecule has 0 aromatic heterocycles. The minimum absolute atomic E-state index is 0.140. The molecule has 1 spiro atoms. The van der Waals surface area contributed by atoms with Crippen LogP contribution >= 0.6 is 0 Å². The molecule has 4 rings (SSSR count).